The first-order valence-electron chi connectivity index (χ1n) is 12.8. The number of allylic oxidation sites excluding steroid dienone is 2. The van der Waals surface area contributed by atoms with Gasteiger partial charge in [-0.3, -0.25) is 18.6 Å². The van der Waals surface area contributed by atoms with E-state index in [4.69, 9.17) is 15.6 Å². The molecule has 35 heavy (non-hydrogen) atoms. The highest BCUT2D eigenvalue weighted by Crippen LogP contribution is 2.43. The summed E-state index contributed by atoms with van der Waals surface area (Å²) in [4.78, 5) is 32.0. The van der Waals surface area contributed by atoms with Crippen LogP contribution in [0.3, 0.4) is 0 Å². The van der Waals surface area contributed by atoms with E-state index in [1.165, 1.54) is 38.5 Å². The predicted molar refractivity (Wildman–Crippen MR) is 134 cm³/mol. The van der Waals surface area contributed by atoms with Crippen LogP contribution in [0.15, 0.2) is 12.2 Å². The third kappa shape index (κ3) is 21.7. The normalized spacial score (nSPS) is 15.1. The molecule has 5 N–H and O–H groups in total. The first kappa shape index (κ1) is 33.7. The zero-order valence-electron chi connectivity index (χ0n) is 21.1. The Kier molecular flexibility index (Phi) is 21.1. The number of phosphoric ester groups is 1. The van der Waals surface area contributed by atoms with E-state index in [0.717, 1.165) is 38.5 Å². The molecular formula is C24H46NO9P. The van der Waals surface area contributed by atoms with Gasteiger partial charge in [0.2, 0.25) is 0 Å². The Labute approximate surface area is 209 Å². The summed E-state index contributed by atoms with van der Waals surface area (Å²) in [6, 6.07) is -1.49. The van der Waals surface area contributed by atoms with E-state index >= 15 is 0 Å². The SMILES string of the molecule is CCCCCCCC/C=C\CCCCCCCC(=O)O[C@@H](CO)COP(=O)(O)OC[C@H](N)C(=O)O. The van der Waals surface area contributed by atoms with Gasteiger partial charge in [0.05, 0.1) is 19.8 Å². The van der Waals surface area contributed by atoms with E-state index in [2.05, 4.69) is 28.1 Å². The molecule has 0 amide bonds. The Hall–Kier alpha value is -1.29. The lowest BCUT2D eigenvalue weighted by Gasteiger charge is -2.18. The van der Waals surface area contributed by atoms with Crippen LogP contribution in [0, 0.1) is 0 Å². The first-order valence-corrected chi connectivity index (χ1v) is 14.3. The summed E-state index contributed by atoms with van der Waals surface area (Å²) < 4.78 is 25.9. The maximum absolute atomic E-state index is 11.9. The number of carboxylic acid groups (broad SMARTS) is 1. The summed E-state index contributed by atoms with van der Waals surface area (Å²) in [5.41, 5.74) is 5.18. The Morgan fingerprint density at radius 1 is 0.886 bits per heavy atom. The number of carbonyl (C=O) groups is 2. The van der Waals surface area contributed by atoms with Gasteiger partial charge in [-0.15, -0.1) is 0 Å². The van der Waals surface area contributed by atoms with E-state index in [-0.39, 0.29) is 6.42 Å². The largest absolute Gasteiger partial charge is 0.480 e. The molecule has 0 aliphatic rings. The van der Waals surface area contributed by atoms with Gasteiger partial charge in [-0.1, -0.05) is 70.4 Å². The van der Waals surface area contributed by atoms with E-state index in [1.54, 1.807) is 0 Å². The fourth-order valence-electron chi connectivity index (χ4n) is 3.17. The molecule has 0 radical (unpaired) electrons. The smallest absolute Gasteiger partial charge is 0.472 e. The molecule has 0 rings (SSSR count). The number of nitrogens with two attached hydrogens (primary N) is 1. The van der Waals surface area contributed by atoms with E-state index in [1.807, 2.05) is 0 Å². The van der Waals surface area contributed by atoms with Gasteiger partial charge < -0.3 is 25.6 Å². The van der Waals surface area contributed by atoms with Crippen LogP contribution in [0.2, 0.25) is 0 Å². The van der Waals surface area contributed by atoms with Crippen molar-refractivity contribution in [2.75, 3.05) is 19.8 Å². The van der Waals surface area contributed by atoms with Crippen molar-refractivity contribution < 1.29 is 43.0 Å². The third-order valence-electron chi connectivity index (χ3n) is 5.30. The fourth-order valence-corrected chi connectivity index (χ4v) is 3.95. The number of aliphatic hydroxyl groups is 1. The predicted octanol–water partition coefficient (Wildman–Crippen LogP) is 4.47. The van der Waals surface area contributed by atoms with Crippen LogP contribution in [-0.4, -0.2) is 59.0 Å². The number of hydrogen-bond acceptors (Lipinski definition) is 8. The van der Waals surface area contributed by atoms with Gasteiger partial charge in [-0.25, -0.2) is 4.57 Å². The van der Waals surface area contributed by atoms with Crippen LogP contribution in [0.4, 0.5) is 0 Å². The number of unbranched alkanes of at least 4 members (excludes halogenated alkanes) is 11. The number of esters is 1. The number of carbonyl (C=O) groups excluding carboxylic acids is 1. The lowest BCUT2D eigenvalue weighted by atomic mass is 10.1. The van der Waals surface area contributed by atoms with Crippen LogP contribution in [0.25, 0.3) is 0 Å². The maximum atomic E-state index is 11.9. The third-order valence-corrected chi connectivity index (χ3v) is 6.25. The molecule has 0 aromatic carbocycles. The van der Waals surface area contributed by atoms with Gasteiger partial charge in [-0.05, 0) is 32.1 Å². The highest BCUT2D eigenvalue weighted by atomic mass is 31.2. The minimum absolute atomic E-state index is 0.176. The highest BCUT2D eigenvalue weighted by Gasteiger charge is 2.27. The number of aliphatic carboxylic acids is 1. The standard InChI is InChI=1S/C24H46NO9P/c1-2-3-4-5-6-7-8-9-10-11-12-13-14-15-16-17-23(27)34-21(18-26)19-32-35(30,31)33-20-22(25)24(28)29/h9-10,21-22,26H,2-8,11-20,25H2,1H3,(H,28,29)(H,30,31)/b10-9-/t21-,22-/m0/s1. The van der Waals surface area contributed by atoms with Crippen LogP contribution in [-0.2, 0) is 27.9 Å². The Morgan fingerprint density at radius 3 is 1.94 bits per heavy atom. The first-order chi connectivity index (χ1) is 16.7. The van der Waals surface area contributed by atoms with E-state index in [9.17, 15) is 24.2 Å². The van der Waals surface area contributed by atoms with Gasteiger partial charge >= 0.3 is 19.8 Å². The molecule has 0 saturated heterocycles. The number of hydrogen-bond donors (Lipinski definition) is 4. The quantitative estimate of drug-likeness (QED) is 0.0613. The molecule has 206 valence electrons. The number of carboxylic acids is 1. The van der Waals surface area contributed by atoms with Gasteiger partial charge in [0, 0.05) is 6.42 Å². The van der Waals surface area contributed by atoms with Crippen molar-refractivity contribution in [3.63, 3.8) is 0 Å². The van der Waals surface area contributed by atoms with E-state index < -0.39 is 51.7 Å². The van der Waals surface area contributed by atoms with Crippen LogP contribution in [0.5, 0.6) is 0 Å². The monoisotopic (exact) mass is 523 g/mol. The summed E-state index contributed by atoms with van der Waals surface area (Å²) in [5, 5.41) is 17.9. The summed E-state index contributed by atoms with van der Waals surface area (Å²) in [6.45, 7) is 0.313. The number of phosphoric acid groups is 1. The molecule has 11 heteroatoms. The Bertz CT molecular complexity index is 630. The Balaban J connectivity index is 3.77. The second-order valence-corrected chi connectivity index (χ2v) is 10.1. The zero-order chi connectivity index (χ0) is 26.4. The minimum atomic E-state index is -4.60. The zero-order valence-corrected chi connectivity index (χ0v) is 22.0. The van der Waals surface area contributed by atoms with Crippen molar-refractivity contribution in [1.82, 2.24) is 0 Å². The number of ether oxygens (including phenoxy) is 1. The summed E-state index contributed by atoms with van der Waals surface area (Å²) in [7, 11) is -4.60. The molecule has 10 nitrogen and oxygen atoms in total. The Morgan fingerprint density at radius 2 is 1.40 bits per heavy atom. The van der Waals surface area contributed by atoms with Crippen LogP contribution in [0.1, 0.15) is 96.8 Å². The van der Waals surface area contributed by atoms with Crippen LogP contribution >= 0.6 is 7.82 Å². The molecule has 0 bridgehead atoms. The molecule has 3 atom stereocenters. The fraction of sp³-hybridized carbons (Fsp3) is 0.833. The second-order valence-electron chi connectivity index (χ2n) is 8.63. The van der Waals surface area contributed by atoms with Gasteiger partial charge in [-0.2, -0.15) is 0 Å². The second kappa shape index (κ2) is 21.9. The summed E-state index contributed by atoms with van der Waals surface area (Å²) >= 11 is 0. The van der Waals surface area contributed by atoms with Gasteiger partial charge in [0.1, 0.15) is 12.1 Å². The van der Waals surface area contributed by atoms with Crippen molar-refractivity contribution >= 4 is 19.8 Å². The van der Waals surface area contributed by atoms with Gasteiger partial charge in [0.25, 0.3) is 0 Å². The van der Waals surface area contributed by atoms with Crippen LogP contribution < -0.4 is 5.73 Å². The molecule has 0 aliphatic heterocycles. The molecule has 0 saturated carbocycles. The summed E-state index contributed by atoms with van der Waals surface area (Å²) in [6.07, 6.45) is 18.5. The summed E-state index contributed by atoms with van der Waals surface area (Å²) in [5.74, 6) is -1.94. The molecule has 1 unspecified atom stereocenters. The lowest BCUT2D eigenvalue weighted by Crippen LogP contribution is -2.34. The average Bonchev–Trinajstić information content (AvgIpc) is 2.82. The lowest BCUT2D eigenvalue weighted by molar-refractivity contribution is -0.153. The maximum Gasteiger partial charge on any atom is 0.472 e. The van der Waals surface area contributed by atoms with Crippen molar-refractivity contribution in [2.45, 2.75) is 109 Å². The molecule has 0 heterocycles. The van der Waals surface area contributed by atoms with Crippen molar-refractivity contribution in [3.8, 4) is 0 Å². The average molecular weight is 524 g/mol. The molecule has 0 fully saturated rings. The molecular weight excluding hydrogens is 477 g/mol. The van der Waals surface area contributed by atoms with Crippen molar-refractivity contribution in [3.05, 3.63) is 12.2 Å². The molecule has 0 aromatic rings. The van der Waals surface area contributed by atoms with Gasteiger partial charge in [0.15, 0.2) is 0 Å². The molecule has 0 spiro atoms. The minimum Gasteiger partial charge on any atom is -0.480 e. The molecule has 0 aliphatic carbocycles. The van der Waals surface area contributed by atoms with E-state index in [0.29, 0.717) is 6.42 Å². The topological polar surface area (TPSA) is 166 Å². The number of rotatable bonds is 24. The van der Waals surface area contributed by atoms with Crippen molar-refractivity contribution in [2.24, 2.45) is 5.73 Å². The highest BCUT2D eigenvalue weighted by molar-refractivity contribution is 7.47. The van der Waals surface area contributed by atoms with Crippen molar-refractivity contribution in [1.29, 1.82) is 0 Å². The number of aliphatic hydroxyl groups excluding tert-OH is 1. The molecule has 0 aromatic heterocycles.